The lowest BCUT2D eigenvalue weighted by Gasteiger charge is -2.19. The van der Waals surface area contributed by atoms with Gasteiger partial charge in [-0.1, -0.05) is 75.4 Å². The number of nitrogens with zero attached hydrogens (tertiary/aromatic N) is 2. The lowest BCUT2D eigenvalue weighted by atomic mass is 9.87. The van der Waals surface area contributed by atoms with Gasteiger partial charge >= 0.3 is 0 Å². The lowest BCUT2D eigenvalue weighted by molar-refractivity contribution is 0.0921. The molecule has 1 heterocycles. The standard InChI is InChI=1S/C27H31N3O2/c1-27(2,3)21-15-13-20(14-16-21)17-29-24-11-7-8-12-25(24)30(26(29)28)18-22(31)19-32-23-9-5-4-6-10-23/h4-16,22,28,31H,17-19H2,1-3H3. The molecule has 0 aliphatic carbocycles. The number of imidazole rings is 1. The number of rotatable bonds is 7. The molecular formula is C27H31N3O2. The Labute approximate surface area is 189 Å². The van der Waals surface area contributed by atoms with Gasteiger partial charge in [-0.25, -0.2) is 0 Å². The molecule has 0 radical (unpaired) electrons. The van der Waals surface area contributed by atoms with Crippen LogP contribution in [-0.2, 0) is 18.5 Å². The normalized spacial score (nSPS) is 12.8. The fourth-order valence-electron chi connectivity index (χ4n) is 3.90. The molecule has 1 atom stereocenters. The molecule has 32 heavy (non-hydrogen) atoms. The second kappa shape index (κ2) is 9.05. The highest BCUT2D eigenvalue weighted by Crippen LogP contribution is 2.23. The number of para-hydroxylation sites is 3. The van der Waals surface area contributed by atoms with E-state index in [0.29, 0.717) is 18.7 Å². The van der Waals surface area contributed by atoms with E-state index in [1.165, 1.54) is 5.56 Å². The number of fused-ring (bicyclic) bond motifs is 1. The molecule has 0 aliphatic heterocycles. The van der Waals surface area contributed by atoms with Gasteiger partial charge in [0.15, 0.2) is 0 Å². The zero-order valence-corrected chi connectivity index (χ0v) is 19.0. The third-order valence-corrected chi connectivity index (χ3v) is 5.71. The zero-order chi connectivity index (χ0) is 22.7. The fourth-order valence-corrected chi connectivity index (χ4v) is 3.90. The minimum Gasteiger partial charge on any atom is -0.491 e. The van der Waals surface area contributed by atoms with Gasteiger partial charge in [-0.2, -0.15) is 0 Å². The summed E-state index contributed by atoms with van der Waals surface area (Å²) in [6, 6.07) is 26.1. The maximum absolute atomic E-state index is 10.6. The van der Waals surface area contributed by atoms with Crippen LogP contribution in [0.1, 0.15) is 31.9 Å². The topological polar surface area (TPSA) is 63.2 Å². The largest absolute Gasteiger partial charge is 0.491 e. The molecule has 5 heteroatoms. The number of aliphatic hydroxyl groups excluding tert-OH is 1. The van der Waals surface area contributed by atoms with E-state index < -0.39 is 6.10 Å². The molecule has 5 nitrogen and oxygen atoms in total. The highest BCUT2D eigenvalue weighted by molar-refractivity contribution is 5.76. The Morgan fingerprint density at radius 2 is 1.44 bits per heavy atom. The first kappa shape index (κ1) is 21.9. The maximum Gasteiger partial charge on any atom is 0.203 e. The van der Waals surface area contributed by atoms with Crippen molar-refractivity contribution >= 4 is 11.0 Å². The first-order valence-corrected chi connectivity index (χ1v) is 11.0. The molecule has 166 valence electrons. The number of hydrogen-bond acceptors (Lipinski definition) is 3. The van der Waals surface area contributed by atoms with Gasteiger partial charge in [-0.15, -0.1) is 0 Å². The van der Waals surface area contributed by atoms with Crippen LogP contribution in [0.15, 0.2) is 78.9 Å². The first-order chi connectivity index (χ1) is 15.3. The van der Waals surface area contributed by atoms with Crippen LogP contribution in [0, 0.1) is 5.41 Å². The van der Waals surface area contributed by atoms with Gasteiger partial charge in [0.25, 0.3) is 0 Å². The van der Waals surface area contributed by atoms with E-state index in [1.54, 1.807) is 0 Å². The van der Waals surface area contributed by atoms with Crippen molar-refractivity contribution in [3.63, 3.8) is 0 Å². The Bertz CT molecular complexity index is 1230. The molecule has 3 aromatic carbocycles. The van der Waals surface area contributed by atoms with Crippen LogP contribution in [0.2, 0.25) is 0 Å². The molecule has 0 fully saturated rings. The number of aromatic nitrogens is 2. The second-order valence-electron chi connectivity index (χ2n) is 9.23. The van der Waals surface area contributed by atoms with E-state index >= 15 is 0 Å². The van der Waals surface area contributed by atoms with Crippen molar-refractivity contribution in [2.24, 2.45) is 0 Å². The molecule has 1 unspecified atom stereocenters. The van der Waals surface area contributed by atoms with Gasteiger partial charge in [-0.05, 0) is 40.8 Å². The van der Waals surface area contributed by atoms with Gasteiger partial charge in [0.1, 0.15) is 18.5 Å². The summed E-state index contributed by atoms with van der Waals surface area (Å²) in [5, 5.41) is 19.4. The number of aliphatic hydroxyl groups is 1. The average molecular weight is 430 g/mol. The van der Waals surface area contributed by atoms with Crippen molar-refractivity contribution in [3.05, 3.63) is 95.6 Å². The maximum atomic E-state index is 10.6. The van der Waals surface area contributed by atoms with E-state index in [4.69, 9.17) is 10.1 Å². The summed E-state index contributed by atoms with van der Waals surface area (Å²) in [5.41, 5.74) is 4.83. The van der Waals surface area contributed by atoms with Crippen LogP contribution in [0.3, 0.4) is 0 Å². The van der Waals surface area contributed by atoms with Crippen molar-refractivity contribution in [2.45, 2.75) is 45.4 Å². The summed E-state index contributed by atoms with van der Waals surface area (Å²) in [6.45, 7) is 7.69. The molecule has 0 saturated carbocycles. The van der Waals surface area contributed by atoms with Gasteiger partial charge in [0.2, 0.25) is 5.62 Å². The van der Waals surface area contributed by atoms with E-state index in [-0.39, 0.29) is 12.0 Å². The summed E-state index contributed by atoms with van der Waals surface area (Å²) in [4.78, 5) is 0. The van der Waals surface area contributed by atoms with Crippen LogP contribution in [0.25, 0.3) is 11.0 Å². The second-order valence-corrected chi connectivity index (χ2v) is 9.23. The Balaban J connectivity index is 1.57. The van der Waals surface area contributed by atoms with E-state index in [1.807, 2.05) is 63.7 Å². The molecule has 0 amide bonds. The quantitative estimate of drug-likeness (QED) is 0.447. The average Bonchev–Trinajstić information content (AvgIpc) is 3.04. The molecule has 1 aromatic heterocycles. The predicted octanol–water partition coefficient (Wildman–Crippen LogP) is 4.71. The third-order valence-electron chi connectivity index (χ3n) is 5.71. The van der Waals surface area contributed by atoms with Crippen molar-refractivity contribution < 1.29 is 9.84 Å². The third kappa shape index (κ3) is 4.78. The Morgan fingerprint density at radius 1 is 0.844 bits per heavy atom. The van der Waals surface area contributed by atoms with E-state index in [9.17, 15) is 5.11 Å². The number of nitrogens with one attached hydrogen (secondary N) is 1. The Hall–Kier alpha value is -3.31. The van der Waals surface area contributed by atoms with Crippen LogP contribution >= 0.6 is 0 Å². The molecule has 0 spiro atoms. The molecule has 0 aliphatic rings. The molecule has 2 N–H and O–H groups in total. The summed E-state index contributed by atoms with van der Waals surface area (Å²) < 4.78 is 9.55. The monoisotopic (exact) mass is 429 g/mol. The minimum atomic E-state index is -0.727. The van der Waals surface area contributed by atoms with Crippen LogP contribution < -0.4 is 10.4 Å². The van der Waals surface area contributed by atoms with Gasteiger partial charge in [-0.3, -0.25) is 5.41 Å². The summed E-state index contributed by atoms with van der Waals surface area (Å²) in [5.74, 6) is 0.726. The van der Waals surface area contributed by atoms with E-state index in [2.05, 4.69) is 45.0 Å². The first-order valence-electron chi connectivity index (χ1n) is 11.0. The smallest absolute Gasteiger partial charge is 0.203 e. The fraction of sp³-hybridized carbons (Fsp3) is 0.296. The van der Waals surface area contributed by atoms with Crippen molar-refractivity contribution in [1.29, 1.82) is 5.41 Å². The lowest BCUT2D eigenvalue weighted by Crippen LogP contribution is -2.31. The van der Waals surface area contributed by atoms with Crippen molar-refractivity contribution in [3.8, 4) is 5.75 Å². The highest BCUT2D eigenvalue weighted by Gasteiger charge is 2.16. The van der Waals surface area contributed by atoms with Crippen LogP contribution in [0.4, 0.5) is 0 Å². The molecule has 0 bridgehead atoms. The SMILES string of the molecule is CC(C)(C)c1ccc(Cn2c(=N)n(CC(O)COc3ccccc3)c3ccccc32)cc1. The zero-order valence-electron chi connectivity index (χ0n) is 19.0. The van der Waals surface area contributed by atoms with Gasteiger partial charge in [0.05, 0.1) is 24.1 Å². The highest BCUT2D eigenvalue weighted by atomic mass is 16.5. The summed E-state index contributed by atoms with van der Waals surface area (Å²) in [6.07, 6.45) is -0.727. The molecular weight excluding hydrogens is 398 g/mol. The Kier molecular flexibility index (Phi) is 6.19. The molecule has 4 aromatic rings. The summed E-state index contributed by atoms with van der Waals surface area (Å²) in [7, 11) is 0. The van der Waals surface area contributed by atoms with Gasteiger partial charge < -0.3 is 19.0 Å². The molecule has 0 saturated heterocycles. The van der Waals surface area contributed by atoms with Crippen LogP contribution in [-0.4, -0.2) is 27.0 Å². The minimum absolute atomic E-state index is 0.111. The van der Waals surface area contributed by atoms with Crippen molar-refractivity contribution in [2.75, 3.05) is 6.61 Å². The predicted molar refractivity (Wildman–Crippen MR) is 128 cm³/mol. The number of hydrogen-bond donors (Lipinski definition) is 2. The number of benzene rings is 3. The van der Waals surface area contributed by atoms with E-state index in [0.717, 1.165) is 22.3 Å². The Morgan fingerprint density at radius 3 is 2.06 bits per heavy atom. The van der Waals surface area contributed by atoms with Crippen molar-refractivity contribution in [1.82, 2.24) is 9.13 Å². The molecule has 4 rings (SSSR count). The van der Waals surface area contributed by atoms with Crippen LogP contribution in [0.5, 0.6) is 5.75 Å². The summed E-state index contributed by atoms with van der Waals surface area (Å²) >= 11 is 0. The number of ether oxygens (including phenoxy) is 1. The van der Waals surface area contributed by atoms with Gasteiger partial charge in [0, 0.05) is 0 Å².